The molecule has 1 amide bonds. The smallest absolute Gasteiger partial charge is 0.243 e. The van der Waals surface area contributed by atoms with Crippen molar-refractivity contribution >= 4 is 15.9 Å². The van der Waals surface area contributed by atoms with Gasteiger partial charge < -0.3 is 5.32 Å². The summed E-state index contributed by atoms with van der Waals surface area (Å²) in [6.45, 7) is 0.673. The summed E-state index contributed by atoms with van der Waals surface area (Å²) in [5, 5.41) is 3.00. The van der Waals surface area contributed by atoms with Crippen LogP contribution in [0.15, 0.2) is 59.5 Å². The van der Waals surface area contributed by atoms with Crippen molar-refractivity contribution in [2.75, 3.05) is 13.1 Å². The van der Waals surface area contributed by atoms with Gasteiger partial charge in [-0.05, 0) is 49.1 Å². The normalized spacial score (nSPS) is 16.2. The standard InChI is InChI=1S/C20H23FN2O3S/c21-17-7-9-19(10-8-17)27(25,26)23-14-12-18(13-15-23)22-20(24)11-6-16-4-2-1-3-5-16/h1-5,7-10,18H,6,11-15H2,(H,22,24). The van der Waals surface area contributed by atoms with E-state index in [-0.39, 0.29) is 16.8 Å². The first-order chi connectivity index (χ1) is 12.9. The molecule has 0 bridgehead atoms. The van der Waals surface area contributed by atoms with Crippen LogP contribution in [-0.4, -0.2) is 37.8 Å². The second-order valence-corrected chi connectivity index (χ2v) is 8.62. The van der Waals surface area contributed by atoms with Crippen molar-refractivity contribution in [3.05, 3.63) is 66.0 Å². The molecule has 144 valence electrons. The van der Waals surface area contributed by atoms with Crippen LogP contribution in [0.5, 0.6) is 0 Å². The molecule has 3 rings (SSSR count). The fourth-order valence-corrected chi connectivity index (χ4v) is 4.67. The largest absolute Gasteiger partial charge is 0.353 e. The number of hydrogen-bond acceptors (Lipinski definition) is 3. The molecule has 1 saturated heterocycles. The zero-order valence-corrected chi connectivity index (χ0v) is 15.8. The highest BCUT2D eigenvalue weighted by Gasteiger charge is 2.29. The highest BCUT2D eigenvalue weighted by molar-refractivity contribution is 7.89. The number of halogens is 1. The first-order valence-electron chi connectivity index (χ1n) is 9.04. The van der Waals surface area contributed by atoms with Crippen molar-refractivity contribution in [3.8, 4) is 0 Å². The van der Waals surface area contributed by atoms with E-state index in [1.807, 2.05) is 30.3 Å². The van der Waals surface area contributed by atoms with Crippen LogP contribution in [0.3, 0.4) is 0 Å². The predicted molar refractivity (Wildman–Crippen MR) is 101 cm³/mol. The zero-order chi connectivity index (χ0) is 19.3. The number of nitrogens with zero attached hydrogens (tertiary/aromatic N) is 1. The van der Waals surface area contributed by atoms with E-state index in [1.54, 1.807) is 0 Å². The Morgan fingerprint density at radius 1 is 1.04 bits per heavy atom. The number of hydrogen-bond donors (Lipinski definition) is 1. The maximum Gasteiger partial charge on any atom is 0.243 e. The molecule has 1 N–H and O–H groups in total. The van der Waals surface area contributed by atoms with Crippen molar-refractivity contribution in [3.63, 3.8) is 0 Å². The number of carbonyl (C=O) groups excluding carboxylic acids is 1. The molecular formula is C20H23FN2O3S. The molecule has 7 heteroatoms. The SMILES string of the molecule is O=C(CCc1ccccc1)NC1CCN(S(=O)(=O)c2ccc(F)cc2)CC1. The molecule has 1 heterocycles. The van der Waals surface area contributed by atoms with Crippen molar-refractivity contribution in [2.45, 2.75) is 36.6 Å². The molecule has 0 unspecified atom stereocenters. The van der Waals surface area contributed by atoms with Crippen LogP contribution in [-0.2, 0) is 21.2 Å². The maximum absolute atomic E-state index is 13.0. The highest BCUT2D eigenvalue weighted by Crippen LogP contribution is 2.21. The molecule has 27 heavy (non-hydrogen) atoms. The topological polar surface area (TPSA) is 66.5 Å². The lowest BCUT2D eigenvalue weighted by molar-refractivity contribution is -0.122. The number of piperidine rings is 1. The average molecular weight is 390 g/mol. The van der Waals surface area contributed by atoms with E-state index in [2.05, 4.69) is 5.32 Å². The van der Waals surface area contributed by atoms with Gasteiger partial charge in [-0.25, -0.2) is 12.8 Å². The third-order valence-electron chi connectivity index (χ3n) is 4.75. The van der Waals surface area contributed by atoms with E-state index in [0.717, 1.165) is 17.7 Å². The number of carbonyl (C=O) groups is 1. The Hall–Kier alpha value is -2.25. The van der Waals surface area contributed by atoms with Gasteiger partial charge in [0.2, 0.25) is 15.9 Å². The van der Waals surface area contributed by atoms with Gasteiger partial charge in [-0.1, -0.05) is 30.3 Å². The second-order valence-electron chi connectivity index (χ2n) is 6.69. The minimum absolute atomic E-state index is 0.0151. The number of aryl methyl sites for hydroxylation is 1. The van der Waals surface area contributed by atoms with Crippen LogP contribution >= 0.6 is 0 Å². The Balaban J connectivity index is 1.48. The molecule has 1 fully saturated rings. The molecule has 1 aliphatic rings. The number of nitrogens with one attached hydrogen (secondary N) is 1. The van der Waals surface area contributed by atoms with Gasteiger partial charge in [0.1, 0.15) is 5.82 Å². The van der Waals surface area contributed by atoms with Crippen molar-refractivity contribution < 1.29 is 17.6 Å². The molecule has 0 spiro atoms. The Kier molecular flexibility index (Phi) is 6.23. The molecule has 5 nitrogen and oxygen atoms in total. The predicted octanol–water partition coefficient (Wildman–Crippen LogP) is 2.73. The fourth-order valence-electron chi connectivity index (χ4n) is 3.20. The van der Waals surface area contributed by atoms with Crippen molar-refractivity contribution in [1.29, 1.82) is 0 Å². The van der Waals surface area contributed by atoms with E-state index in [1.165, 1.54) is 16.4 Å². The van der Waals surface area contributed by atoms with Gasteiger partial charge in [-0.2, -0.15) is 4.31 Å². The van der Waals surface area contributed by atoms with Gasteiger partial charge in [0.25, 0.3) is 0 Å². The first kappa shape index (κ1) is 19.5. The molecule has 2 aromatic carbocycles. The second kappa shape index (κ2) is 8.63. The minimum Gasteiger partial charge on any atom is -0.353 e. The van der Waals surface area contributed by atoms with Gasteiger partial charge >= 0.3 is 0 Å². The van der Waals surface area contributed by atoms with Crippen LogP contribution in [0.4, 0.5) is 4.39 Å². The van der Waals surface area contributed by atoms with Crippen LogP contribution in [0.1, 0.15) is 24.8 Å². The molecule has 0 radical (unpaired) electrons. The molecule has 2 aromatic rings. The summed E-state index contributed by atoms with van der Waals surface area (Å²) in [7, 11) is -3.62. The van der Waals surface area contributed by atoms with Gasteiger partial charge in [0.05, 0.1) is 4.90 Å². The summed E-state index contributed by atoms with van der Waals surface area (Å²) in [6.07, 6.45) is 2.23. The summed E-state index contributed by atoms with van der Waals surface area (Å²) in [5.41, 5.74) is 1.12. The third kappa shape index (κ3) is 5.14. The Morgan fingerprint density at radius 2 is 1.67 bits per heavy atom. The van der Waals surface area contributed by atoms with Gasteiger partial charge in [0, 0.05) is 25.6 Å². The summed E-state index contributed by atoms with van der Waals surface area (Å²) < 4.78 is 39.6. The van der Waals surface area contributed by atoms with Crippen molar-refractivity contribution in [2.24, 2.45) is 0 Å². The molecule has 1 aliphatic heterocycles. The summed E-state index contributed by atoms with van der Waals surface area (Å²) in [4.78, 5) is 12.2. The molecule has 0 atom stereocenters. The first-order valence-corrected chi connectivity index (χ1v) is 10.5. The maximum atomic E-state index is 13.0. The van der Waals surface area contributed by atoms with E-state index in [0.29, 0.717) is 38.8 Å². The van der Waals surface area contributed by atoms with Crippen LogP contribution < -0.4 is 5.32 Å². The van der Waals surface area contributed by atoms with E-state index < -0.39 is 15.8 Å². The highest BCUT2D eigenvalue weighted by atomic mass is 32.2. The number of rotatable bonds is 6. The zero-order valence-electron chi connectivity index (χ0n) is 15.0. The minimum atomic E-state index is -3.62. The number of amides is 1. The molecular weight excluding hydrogens is 367 g/mol. The monoisotopic (exact) mass is 390 g/mol. The lowest BCUT2D eigenvalue weighted by Crippen LogP contribution is -2.46. The average Bonchev–Trinajstić information content (AvgIpc) is 2.68. The Labute approximate surface area is 159 Å². The van der Waals surface area contributed by atoms with Crippen LogP contribution in [0.2, 0.25) is 0 Å². The molecule has 0 aromatic heterocycles. The van der Waals surface area contributed by atoms with Crippen LogP contribution in [0.25, 0.3) is 0 Å². The van der Waals surface area contributed by atoms with Gasteiger partial charge in [-0.3, -0.25) is 4.79 Å². The fraction of sp³-hybridized carbons (Fsp3) is 0.350. The summed E-state index contributed by atoms with van der Waals surface area (Å²) in [5.74, 6) is -0.482. The Morgan fingerprint density at radius 3 is 2.30 bits per heavy atom. The van der Waals surface area contributed by atoms with Gasteiger partial charge in [-0.15, -0.1) is 0 Å². The molecule has 0 saturated carbocycles. The Bertz CT molecular complexity index is 862. The number of sulfonamides is 1. The van der Waals surface area contributed by atoms with Crippen LogP contribution in [0, 0.1) is 5.82 Å². The number of benzene rings is 2. The lowest BCUT2D eigenvalue weighted by Gasteiger charge is -2.31. The van der Waals surface area contributed by atoms with Gasteiger partial charge in [0.15, 0.2) is 0 Å². The summed E-state index contributed by atoms with van der Waals surface area (Å²) in [6, 6.07) is 14.7. The van der Waals surface area contributed by atoms with E-state index in [4.69, 9.17) is 0 Å². The van der Waals surface area contributed by atoms with Crippen molar-refractivity contribution in [1.82, 2.24) is 9.62 Å². The molecule has 0 aliphatic carbocycles. The third-order valence-corrected chi connectivity index (χ3v) is 6.67. The quantitative estimate of drug-likeness (QED) is 0.825. The van der Waals surface area contributed by atoms with E-state index >= 15 is 0 Å². The summed E-state index contributed by atoms with van der Waals surface area (Å²) >= 11 is 0. The lowest BCUT2D eigenvalue weighted by atomic mass is 10.1. The van der Waals surface area contributed by atoms with E-state index in [9.17, 15) is 17.6 Å².